The number of para-hydroxylation sites is 5. The van der Waals surface area contributed by atoms with E-state index < -0.39 is 0 Å². The van der Waals surface area contributed by atoms with Gasteiger partial charge < -0.3 is 13.9 Å². The second-order valence-corrected chi connectivity index (χ2v) is 15.9. The molecule has 9 aromatic carbocycles. The van der Waals surface area contributed by atoms with Crippen LogP contribution in [0.15, 0.2) is 211 Å². The Hall–Kier alpha value is -7.40. The number of anilines is 3. The van der Waals surface area contributed by atoms with E-state index in [1.807, 2.05) is 11.3 Å². The van der Waals surface area contributed by atoms with Gasteiger partial charge in [-0.3, -0.25) is 0 Å². The summed E-state index contributed by atoms with van der Waals surface area (Å²) in [6.45, 7) is 0. The number of benzene rings is 9. The maximum atomic E-state index is 6.95. The summed E-state index contributed by atoms with van der Waals surface area (Å²) in [7, 11) is 0. The van der Waals surface area contributed by atoms with Gasteiger partial charge in [-0.05, 0) is 90.0 Å². The van der Waals surface area contributed by atoms with Gasteiger partial charge >= 0.3 is 0 Å². The van der Waals surface area contributed by atoms with Crippen LogP contribution in [-0.2, 0) is 0 Å². The summed E-state index contributed by atoms with van der Waals surface area (Å²) in [6, 6.07) is 74.3. The fourth-order valence-electron chi connectivity index (χ4n) is 9.00. The highest BCUT2D eigenvalue weighted by molar-refractivity contribution is 7.25. The molecular weight excluding hydrogens is 725 g/mol. The molecule has 0 saturated heterocycles. The van der Waals surface area contributed by atoms with E-state index in [4.69, 9.17) is 4.42 Å². The summed E-state index contributed by atoms with van der Waals surface area (Å²) < 4.78 is 12.0. The molecule has 0 amide bonds. The van der Waals surface area contributed by atoms with E-state index in [-0.39, 0.29) is 0 Å². The topological polar surface area (TPSA) is 21.3 Å². The third kappa shape index (κ3) is 5.05. The number of thiophene rings is 1. The maximum absolute atomic E-state index is 6.95. The van der Waals surface area contributed by atoms with Crippen LogP contribution >= 0.6 is 11.3 Å². The summed E-state index contributed by atoms with van der Waals surface area (Å²) in [4.78, 5) is 2.37. The average Bonchev–Trinajstić information content (AvgIpc) is 3.97. The molecule has 0 aliphatic carbocycles. The van der Waals surface area contributed by atoms with Gasteiger partial charge in [-0.15, -0.1) is 11.3 Å². The van der Waals surface area contributed by atoms with Crippen molar-refractivity contribution in [2.24, 2.45) is 0 Å². The Morgan fingerprint density at radius 2 is 1.02 bits per heavy atom. The highest BCUT2D eigenvalue weighted by Gasteiger charge is 2.24. The van der Waals surface area contributed by atoms with E-state index >= 15 is 0 Å². The lowest BCUT2D eigenvalue weighted by molar-refractivity contribution is 0.670. The summed E-state index contributed by atoms with van der Waals surface area (Å²) in [5.41, 5.74) is 12.9. The fourth-order valence-corrected chi connectivity index (χ4v) is 10.1. The Balaban J connectivity index is 1.05. The number of furan rings is 1. The molecule has 3 nitrogen and oxygen atoms in total. The molecule has 0 aliphatic rings. The van der Waals surface area contributed by atoms with Crippen molar-refractivity contribution in [3.63, 3.8) is 0 Å². The summed E-state index contributed by atoms with van der Waals surface area (Å²) in [6.07, 6.45) is 0. The van der Waals surface area contributed by atoms with E-state index in [9.17, 15) is 0 Å². The van der Waals surface area contributed by atoms with Crippen LogP contribution in [0.3, 0.4) is 0 Å². The molecule has 3 heterocycles. The molecule has 58 heavy (non-hydrogen) atoms. The van der Waals surface area contributed by atoms with Crippen molar-refractivity contribution in [2.75, 3.05) is 4.90 Å². The first-order valence-corrected chi connectivity index (χ1v) is 20.5. The summed E-state index contributed by atoms with van der Waals surface area (Å²) in [5.74, 6) is 0. The SMILES string of the molecule is c1ccc(N(c2ccc(-c3ccc4sc5ccccc5c4c3)cc2)c2ccc(-c3ccccc3-n3c4ccccc4c4ccccc43)c3oc4ccccc4c23)cc1. The third-order valence-electron chi connectivity index (χ3n) is 11.6. The van der Waals surface area contributed by atoms with Gasteiger partial charge in [-0.2, -0.15) is 0 Å². The van der Waals surface area contributed by atoms with E-state index in [2.05, 4.69) is 216 Å². The smallest absolute Gasteiger partial charge is 0.145 e. The first-order chi connectivity index (χ1) is 28.8. The normalized spacial score (nSPS) is 11.8. The Kier molecular flexibility index (Phi) is 7.40. The molecule has 3 aromatic heterocycles. The molecular formula is C54H34N2OS. The van der Waals surface area contributed by atoms with Gasteiger partial charge in [0.2, 0.25) is 0 Å². The molecule has 0 atom stereocenters. The molecule has 0 aliphatic heterocycles. The Labute approximate surface area is 338 Å². The minimum atomic E-state index is 0.861. The molecule has 0 saturated carbocycles. The molecule has 272 valence electrons. The van der Waals surface area contributed by atoms with Crippen molar-refractivity contribution in [3.05, 3.63) is 206 Å². The number of rotatable bonds is 6. The van der Waals surface area contributed by atoms with Gasteiger partial charge in [0, 0.05) is 58.8 Å². The molecule has 0 bridgehead atoms. The Morgan fingerprint density at radius 3 is 1.81 bits per heavy atom. The van der Waals surface area contributed by atoms with Gasteiger partial charge in [0.25, 0.3) is 0 Å². The molecule has 0 N–H and O–H groups in total. The predicted octanol–water partition coefficient (Wildman–Crippen LogP) is 15.9. The first kappa shape index (κ1) is 32.8. The zero-order chi connectivity index (χ0) is 38.2. The van der Waals surface area contributed by atoms with Crippen molar-refractivity contribution in [1.82, 2.24) is 4.57 Å². The first-order valence-electron chi connectivity index (χ1n) is 19.7. The number of fused-ring (bicyclic) bond motifs is 9. The predicted molar refractivity (Wildman–Crippen MR) is 247 cm³/mol. The van der Waals surface area contributed by atoms with Gasteiger partial charge in [-0.25, -0.2) is 0 Å². The molecule has 12 rings (SSSR count). The standard InChI is InChI=1S/C54H34N2OS/c1-2-14-37(15-3-1)55(38-29-26-35(27-30-38)36-28-33-52-45(34-36)42-19-8-13-25-51(42)58-52)49-32-31-43(54-53(49)44-20-7-12-24-50(44)57-54)41-18-6-11-23-48(41)56-46-21-9-4-16-39(46)40-17-5-10-22-47(40)56/h1-34H. The van der Waals surface area contributed by atoms with Crippen LogP contribution in [0, 0.1) is 0 Å². The molecule has 12 aromatic rings. The van der Waals surface area contributed by atoms with E-state index in [0.29, 0.717) is 0 Å². The van der Waals surface area contributed by atoms with Crippen molar-refractivity contribution in [1.29, 1.82) is 0 Å². The number of hydrogen-bond donors (Lipinski definition) is 0. The number of hydrogen-bond acceptors (Lipinski definition) is 3. The van der Waals surface area contributed by atoms with Crippen LogP contribution in [0.25, 0.3) is 91.9 Å². The van der Waals surface area contributed by atoms with E-state index in [0.717, 1.165) is 55.8 Å². The highest BCUT2D eigenvalue weighted by Crippen LogP contribution is 2.48. The lowest BCUT2D eigenvalue weighted by atomic mass is 9.98. The van der Waals surface area contributed by atoms with E-state index in [1.165, 1.54) is 53.1 Å². The molecule has 0 unspecified atom stereocenters. The van der Waals surface area contributed by atoms with Crippen LogP contribution in [0.2, 0.25) is 0 Å². The minimum Gasteiger partial charge on any atom is -0.455 e. The maximum Gasteiger partial charge on any atom is 0.145 e. The quantitative estimate of drug-likeness (QED) is 0.168. The monoisotopic (exact) mass is 758 g/mol. The lowest BCUT2D eigenvalue weighted by Crippen LogP contribution is -2.10. The Bertz CT molecular complexity index is 3460. The van der Waals surface area contributed by atoms with Crippen molar-refractivity contribution < 1.29 is 4.42 Å². The van der Waals surface area contributed by atoms with Gasteiger partial charge in [0.1, 0.15) is 11.2 Å². The minimum absolute atomic E-state index is 0.861. The average molecular weight is 759 g/mol. The second kappa shape index (κ2) is 13.1. The van der Waals surface area contributed by atoms with Gasteiger partial charge in [0.15, 0.2) is 0 Å². The Morgan fingerprint density at radius 1 is 0.414 bits per heavy atom. The van der Waals surface area contributed by atoms with Crippen LogP contribution in [-0.4, -0.2) is 4.57 Å². The molecule has 0 radical (unpaired) electrons. The molecule has 0 fully saturated rings. The van der Waals surface area contributed by atoms with Crippen molar-refractivity contribution in [3.8, 4) is 27.9 Å². The number of aromatic nitrogens is 1. The van der Waals surface area contributed by atoms with Crippen LogP contribution in [0.4, 0.5) is 17.1 Å². The summed E-state index contributed by atoms with van der Waals surface area (Å²) >= 11 is 1.85. The van der Waals surface area contributed by atoms with Crippen molar-refractivity contribution in [2.45, 2.75) is 0 Å². The van der Waals surface area contributed by atoms with Crippen LogP contribution < -0.4 is 4.90 Å². The van der Waals surface area contributed by atoms with Gasteiger partial charge in [-0.1, -0.05) is 127 Å². The second-order valence-electron chi connectivity index (χ2n) is 14.8. The zero-order valence-electron chi connectivity index (χ0n) is 31.3. The van der Waals surface area contributed by atoms with Crippen LogP contribution in [0.1, 0.15) is 0 Å². The fraction of sp³-hybridized carbons (Fsp3) is 0. The molecule has 4 heteroatoms. The highest BCUT2D eigenvalue weighted by atomic mass is 32.1. The summed E-state index contributed by atoms with van der Waals surface area (Å²) in [5, 5.41) is 7.26. The molecule has 0 spiro atoms. The zero-order valence-corrected chi connectivity index (χ0v) is 32.2. The number of nitrogens with zero attached hydrogens (tertiary/aromatic N) is 2. The van der Waals surface area contributed by atoms with Crippen molar-refractivity contribution >= 4 is 92.3 Å². The largest absolute Gasteiger partial charge is 0.455 e. The van der Waals surface area contributed by atoms with Crippen LogP contribution in [0.5, 0.6) is 0 Å². The van der Waals surface area contributed by atoms with E-state index in [1.54, 1.807) is 0 Å². The van der Waals surface area contributed by atoms with Gasteiger partial charge in [0.05, 0.1) is 27.8 Å². The third-order valence-corrected chi connectivity index (χ3v) is 12.8. The lowest BCUT2D eigenvalue weighted by Gasteiger charge is -2.27.